The number of aryl methyl sites for hydroxylation is 2. The zero-order chi connectivity index (χ0) is 22.0. The van der Waals surface area contributed by atoms with E-state index in [-0.39, 0.29) is 23.6 Å². The van der Waals surface area contributed by atoms with Crippen LogP contribution in [0.2, 0.25) is 0 Å². The van der Waals surface area contributed by atoms with Gasteiger partial charge in [-0.2, -0.15) is 13.2 Å². The average molecular weight is 433 g/mol. The van der Waals surface area contributed by atoms with Crippen molar-refractivity contribution >= 4 is 19.2 Å². The molecular formula is C18H19F3NO6P. The number of rotatable bonds is 6. The molecule has 1 amide bonds. The fourth-order valence-corrected chi connectivity index (χ4v) is 2.98. The molecule has 0 spiro atoms. The van der Waals surface area contributed by atoms with E-state index in [2.05, 4.69) is 0 Å². The lowest BCUT2D eigenvalue weighted by atomic mass is 9.95. The predicted octanol–water partition coefficient (Wildman–Crippen LogP) is 3.61. The van der Waals surface area contributed by atoms with E-state index in [1.165, 1.54) is 12.1 Å². The lowest BCUT2D eigenvalue weighted by Crippen LogP contribution is -2.29. The van der Waals surface area contributed by atoms with Crippen LogP contribution in [0, 0.1) is 13.8 Å². The molecule has 0 aromatic heterocycles. The molecule has 2 rings (SSSR count). The summed E-state index contributed by atoms with van der Waals surface area (Å²) in [6.07, 6.45) is -5.54. The molecule has 0 fully saturated rings. The Kier molecular flexibility index (Phi) is 6.62. The molecule has 0 radical (unpaired) electrons. The summed E-state index contributed by atoms with van der Waals surface area (Å²) in [5.41, 5.74) is 2.50. The van der Waals surface area contributed by atoms with E-state index in [9.17, 15) is 27.6 Å². The van der Waals surface area contributed by atoms with E-state index in [0.29, 0.717) is 5.56 Å². The maximum atomic E-state index is 12.3. The topological polar surface area (TPSA) is 116 Å². The molecule has 0 saturated carbocycles. The molecule has 4 N–H and O–H groups in total. The summed E-state index contributed by atoms with van der Waals surface area (Å²) in [5, 5.41) is 11.8. The number of benzene rings is 2. The quantitative estimate of drug-likeness (QED) is 0.518. The Balaban J connectivity index is 2.19. The molecule has 2 aromatic carbocycles. The average Bonchev–Trinajstić information content (AvgIpc) is 2.56. The van der Waals surface area contributed by atoms with E-state index in [0.717, 1.165) is 22.8 Å². The molecule has 0 atom stereocenters. The van der Waals surface area contributed by atoms with Gasteiger partial charge >= 0.3 is 19.7 Å². The molecule has 0 unspecified atom stereocenters. The smallest absolute Gasteiger partial charge is 0.471 e. The van der Waals surface area contributed by atoms with Crippen molar-refractivity contribution in [1.82, 2.24) is 0 Å². The van der Waals surface area contributed by atoms with Gasteiger partial charge < -0.3 is 24.9 Å². The highest BCUT2D eigenvalue weighted by Crippen LogP contribution is 2.35. The summed E-state index contributed by atoms with van der Waals surface area (Å²) >= 11 is 0. The van der Waals surface area contributed by atoms with E-state index in [4.69, 9.17) is 14.5 Å². The standard InChI is InChI=1S/C18H19F3NO6P/c1-10-5-14(28-9-29(25,26)27)6-11(2)15(10)7-12-3-4-13(8-16(12)23)22-17(24)18(19,20)21/h3-6,8,23H,7,9H2,1-2H3,(H,22,24)(H2,25,26,27). The molecule has 0 aliphatic rings. The number of carbonyl (C=O) groups is 1. The summed E-state index contributed by atoms with van der Waals surface area (Å²) in [5.74, 6) is -2.14. The highest BCUT2D eigenvalue weighted by molar-refractivity contribution is 7.51. The molecule has 0 aliphatic carbocycles. The van der Waals surface area contributed by atoms with Gasteiger partial charge in [0.1, 0.15) is 11.5 Å². The summed E-state index contributed by atoms with van der Waals surface area (Å²) in [7, 11) is -4.32. The fraction of sp³-hybridized carbons (Fsp3) is 0.278. The third-order valence-electron chi connectivity index (χ3n) is 4.04. The molecule has 7 nitrogen and oxygen atoms in total. The van der Waals surface area contributed by atoms with Crippen LogP contribution in [0.1, 0.15) is 22.3 Å². The minimum atomic E-state index is -5.04. The maximum absolute atomic E-state index is 12.3. The number of halogens is 3. The van der Waals surface area contributed by atoms with Gasteiger partial charge in [-0.05, 0) is 54.3 Å². The summed E-state index contributed by atoms with van der Waals surface area (Å²) in [6.45, 7) is 3.50. The Morgan fingerprint density at radius 3 is 2.21 bits per heavy atom. The number of ether oxygens (including phenoxy) is 1. The predicted molar refractivity (Wildman–Crippen MR) is 99.1 cm³/mol. The monoisotopic (exact) mass is 433 g/mol. The van der Waals surface area contributed by atoms with Crippen LogP contribution < -0.4 is 10.1 Å². The number of aromatic hydroxyl groups is 1. The fourth-order valence-electron chi connectivity index (χ4n) is 2.66. The van der Waals surface area contributed by atoms with Crippen molar-refractivity contribution in [2.24, 2.45) is 0 Å². The second-order valence-electron chi connectivity index (χ2n) is 6.45. The van der Waals surface area contributed by atoms with E-state index in [1.54, 1.807) is 31.3 Å². The van der Waals surface area contributed by atoms with Crippen LogP contribution in [-0.4, -0.2) is 33.3 Å². The number of hydrogen-bond acceptors (Lipinski definition) is 4. The van der Waals surface area contributed by atoms with Crippen LogP contribution in [0.4, 0.5) is 18.9 Å². The Bertz CT molecular complexity index is 948. The van der Waals surface area contributed by atoms with Gasteiger partial charge in [0.25, 0.3) is 0 Å². The van der Waals surface area contributed by atoms with Crippen molar-refractivity contribution in [2.75, 3.05) is 11.7 Å². The van der Waals surface area contributed by atoms with Crippen LogP contribution in [0.25, 0.3) is 0 Å². The number of phenolic OH excluding ortho intramolecular Hbond substituents is 1. The van der Waals surface area contributed by atoms with Gasteiger partial charge in [-0.1, -0.05) is 6.07 Å². The minimum Gasteiger partial charge on any atom is -0.508 e. The SMILES string of the molecule is Cc1cc(OCP(=O)(O)O)cc(C)c1Cc1ccc(NC(=O)C(F)(F)F)cc1O. The number of carbonyl (C=O) groups excluding carboxylic acids is 1. The van der Waals surface area contributed by atoms with Gasteiger partial charge in [-0.25, -0.2) is 0 Å². The Morgan fingerprint density at radius 2 is 1.72 bits per heavy atom. The number of phenols is 1. The van der Waals surface area contributed by atoms with E-state index < -0.39 is 26.0 Å². The Morgan fingerprint density at radius 1 is 1.14 bits per heavy atom. The largest absolute Gasteiger partial charge is 0.508 e. The second-order valence-corrected chi connectivity index (χ2v) is 8.03. The first-order chi connectivity index (χ1) is 13.3. The molecule has 29 heavy (non-hydrogen) atoms. The zero-order valence-electron chi connectivity index (χ0n) is 15.4. The van der Waals surface area contributed by atoms with Crippen LogP contribution in [0.3, 0.4) is 0 Å². The number of anilines is 1. The lowest BCUT2D eigenvalue weighted by molar-refractivity contribution is -0.167. The van der Waals surface area contributed by atoms with Crippen molar-refractivity contribution in [1.29, 1.82) is 0 Å². The zero-order valence-corrected chi connectivity index (χ0v) is 16.3. The third-order valence-corrected chi connectivity index (χ3v) is 4.50. The van der Waals surface area contributed by atoms with Crippen LogP contribution in [0.15, 0.2) is 30.3 Å². The number of alkyl halides is 3. The van der Waals surface area contributed by atoms with Crippen molar-refractivity contribution in [2.45, 2.75) is 26.4 Å². The second kappa shape index (κ2) is 8.44. The van der Waals surface area contributed by atoms with E-state index >= 15 is 0 Å². The molecule has 11 heteroatoms. The van der Waals surface area contributed by atoms with Crippen LogP contribution in [-0.2, 0) is 15.8 Å². The van der Waals surface area contributed by atoms with Crippen molar-refractivity contribution < 1.29 is 42.2 Å². The third kappa shape index (κ3) is 6.49. The first kappa shape index (κ1) is 22.7. The van der Waals surface area contributed by atoms with Gasteiger partial charge in [0, 0.05) is 18.2 Å². The molecule has 0 bridgehead atoms. The maximum Gasteiger partial charge on any atom is 0.471 e. The molecule has 0 aliphatic heterocycles. The number of amides is 1. The molecule has 2 aromatic rings. The van der Waals surface area contributed by atoms with Gasteiger partial charge in [-0.15, -0.1) is 0 Å². The summed E-state index contributed by atoms with van der Waals surface area (Å²) in [4.78, 5) is 28.8. The van der Waals surface area contributed by atoms with Gasteiger partial charge in [-0.3, -0.25) is 9.36 Å². The molecule has 158 valence electrons. The normalized spacial score (nSPS) is 12.0. The Labute approximate surface area is 164 Å². The minimum absolute atomic E-state index is 0.191. The first-order valence-electron chi connectivity index (χ1n) is 8.24. The summed E-state index contributed by atoms with van der Waals surface area (Å²) in [6, 6.07) is 6.86. The number of hydrogen-bond donors (Lipinski definition) is 4. The van der Waals surface area contributed by atoms with Crippen LogP contribution in [0.5, 0.6) is 11.5 Å². The van der Waals surface area contributed by atoms with Gasteiger partial charge in [0.05, 0.1) is 0 Å². The van der Waals surface area contributed by atoms with Crippen molar-refractivity contribution in [3.05, 3.63) is 52.6 Å². The molecule has 0 heterocycles. The van der Waals surface area contributed by atoms with Crippen LogP contribution >= 0.6 is 7.60 Å². The van der Waals surface area contributed by atoms with Crippen molar-refractivity contribution in [3.63, 3.8) is 0 Å². The highest BCUT2D eigenvalue weighted by Gasteiger charge is 2.38. The van der Waals surface area contributed by atoms with Crippen molar-refractivity contribution in [3.8, 4) is 11.5 Å². The molecular weight excluding hydrogens is 414 g/mol. The highest BCUT2D eigenvalue weighted by atomic mass is 31.2. The summed E-state index contributed by atoms with van der Waals surface area (Å²) < 4.78 is 53.0. The lowest BCUT2D eigenvalue weighted by Gasteiger charge is -2.15. The Hall–Kier alpha value is -2.55. The van der Waals surface area contributed by atoms with Gasteiger partial charge in [0.15, 0.2) is 6.35 Å². The number of nitrogens with one attached hydrogen (secondary N) is 1. The van der Waals surface area contributed by atoms with E-state index in [1.807, 2.05) is 0 Å². The van der Waals surface area contributed by atoms with Gasteiger partial charge in [0.2, 0.25) is 0 Å². The first-order valence-corrected chi connectivity index (χ1v) is 10.0. The molecule has 0 saturated heterocycles.